The van der Waals surface area contributed by atoms with Crippen molar-refractivity contribution in [2.24, 2.45) is 5.92 Å². The monoisotopic (exact) mass is 472 g/mol. The Bertz CT molecular complexity index is 1180. The number of allylic oxidation sites excluding steroid dienone is 11. The molecule has 2 heterocycles. The van der Waals surface area contributed by atoms with Gasteiger partial charge in [0.2, 0.25) is 5.95 Å². The van der Waals surface area contributed by atoms with Crippen LogP contribution in [0.2, 0.25) is 0 Å². The fourth-order valence-corrected chi connectivity index (χ4v) is 5.33. The maximum atomic E-state index is 15.0. The normalized spacial score (nSPS) is 21.7. The van der Waals surface area contributed by atoms with Gasteiger partial charge in [-0.25, -0.2) is 14.4 Å². The molecule has 1 amide bonds. The molecule has 6 heteroatoms. The largest absolute Gasteiger partial charge is 0.341 e. The number of fused-ring (bicyclic) bond motifs is 1. The van der Waals surface area contributed by atoms with Crippen LogP contribution in [0.4, 0.5) is 10.3 Å². The van der Waals surface area contributed by atoms with Crippen LogP contribution in [0.5, 0.6) is 0 Å². The molecule has 1 atom stereocenters. The summed E-state index contributed by atoms with van der Waals surface area (Å²) in [5.74, 6) is 0.340. The number of carbonyl (C=O) groups is 1. The van der Waals surface area contributed by atoms with E-state index in [-0.39, 0.29) is 23.7 Å². The Hall–Kier alpha value is -3.28. The molecule has 1 aromatic heterocycles. The smallest absolute Gasteiger partial charge is 0.262 e. The summed E-state index contributed by atoms with van der Waals surface area (Å²) in [7, 11) is 0. The molecule has 0 aromatic carbocycles. The van der Waals surface area contributed by atoms with Crippen LogP contribution in [0.15, 0.2) is 71.9 Å². The van der Waals surface area contributed by atoms with Crippen LogP contribution in [0.25, 0.3) is 5.57 Å². The van der Waals surface area contributed by atoms with E-state index in [4.69, 9.17) is 4.98 Å². The summed E-state index contributed by atoms with van der Waals surface area (Å²) in [6.45, 7) is 5.79. The van der Waals surface area contributed by atoms with Gasteiger partial charge in [-0.1, -0.05) is 36.5 Å². The number of amides is 1. The third kappa shape index (κ3) is 4.66. The molecule has 182 valence electrons. The van der Waals surface area contributed by atoms with Crippen molar-refractivity contribution in [3.8, 4) is 0 Å². The van der Waals surface area contributed by atoms with Gasteiger partial charge in [-0.15, -0.1) is 0 Å². The average molecular weight is 473 g/mol. The van der Waals surface area contributed by atoms with Crippen molar-refractivity contribution in [3.05, 3.63) is 83.2 Å². The van der Waals surface area contributed by atoms with Gasteiger partial charge in [-0.05, 0) is 70.1 Å². The molecule has 0 spiro atoms. The number of hydrogen-bond donors (Lipinski definition) is 0. The van der Waals surface area contributed by atoms with Crippen molar-refractivity contribution in [1.29, 1.82) is 0 Å². The van der Waals surface area contributed by atoms with Crippen molar-refractivity contribution in [2.45, 2.75) is 58.4 Å². The Labute approximate surface area is 207 Å². The minimum Gasteiger partial charge on any atom is -0.341 e. The molecule has 5 rings (SSSR count). The van der Waals surface area contributed by atoms with Gasteiger partial charge in [0.05, 0.1) is 11.3 Å². The Morgan fingerprint density at radius 1 is 1.11 bits per heavy atom. The number of piperidine rings is 1. The van der Waals surface area contributed by atoms with E-state index in [0.717, 1.165) is 50.0 Å². The molecule has 0 radical (unpaired) electrons. The average Bonchev–Trinajstić information content (AvgIpc) is 2.89. The van der Waals surface area contributed by atoms with Crippen molar-refractivity contribution in [1.82, 2.24) is 14.9 Å². The highest BCUT2D eigenvalue weighted by Gasteiger charge is 2.31. The lowest BCUT2D eigenvalue weighted by atomic mass is 9.85. The second-order valence-electron chi connectivity index (χ2n) is 9.85. The summed E-state index contributed by atoms with van der Waals surface area (Å²) < 4.78 is 15.0. The van der Waals surface area contributed by atoms with E-state index in [9.17, 15) is 4.79 Å². The summed E-state index contributed by atoms with van der Waals surface area (Å²) >= 11 is 0. The van der Waals surface area contributed by atoms with Gasteiger partial charge in [0, 0.05) is 42.5 Å². The Balaban J connectivity index is 1.60. The Morgan fingerprint density at radius 2 is 1.94 bits per heavy atom. The highest BCUT2D eigenvalue weighted by Crippen LogP contribution is 2.36. The fraction of sp³-hybridized carbons (Fsp3) is 0.414. The van der Waals surface area contributed by atoms with E-state index in [0.29, 0.717) is 29.2 Å². The van der Waals surface area contributed by atoms with Gasteiger partial charge in [-0.3, -0.25) is 4.79 Å². The number of carbonyl (C=O) groups excluding carboxylic acids is 1. The molecule has 0 bridgehead atoms. The first-order valence-electron chi connectivity index (χ1n) is 12.8. The molecular formula is C29H33FN4O. The molecule has 4 aliphatic rings. The predicted molar refractivity (Wildman–Crippen MR) is 138 cm³/mol. The molecule has 1 aliphatic heterocycles. The molecule has 1 unspecified atom stereocenters. The zero-order valence-electron chi connectivity index (χ0n) is 20.6. The SMILES string of the molecule is CC(C)N(C(=O)c1cnc(N2CCCCC2)nc1C1=C(F)C=CCC1)C1=C2C=CC=CC2CC=C1. The zero-order valence-corrected chi connectivity index (χ0v) is 20.6. The third-order valence-corrected chi connectivity index (χ3v) is 7.13. The third-order valence-electron chi connectivity index (χ3n) is 7.13. The van der Waals surface area contributed by atoms with Gasteiger partial charge >= 0.3 is 0 Å². The molecule has 1 saturated heterocycles. The highest BCUT2D eigenvalue weighted by molar-refractivity contribution is 6.00. The Kier molecular flexibility index (Phi) is 6.80. The second-order valence-corrected chi connectivity index (χ2v) is 9.85. The molecule has 3 aliphatic carbocycles. The van der Waals surface area contributed by atoms with Crippen LogP contribution in [-0.2, 0) is 0 Å². The molecular weight excluding hydrogens is 439 g/mol. The highest BCUT2D eigenvalue weighted by atomic mass is 19.1. The number of nitrogens with zero attached hydrogens (tertiary/aromatic N) is 4. The lowest BCUT2D eigenvalue weighted by Crippen LogP contribution is -2.38. The van der Waals surface area contributed by atoms with Gasteiger partial charge in [0.15, 0.2) is 0 Å². The maximum Gasteiger partial charge on any atom is 0.262 e. The molecule has 1 aromatic rings. The first-order chi connectivity index (χ1) is 17.0. The second kappa shape index (κ2) is 10.1. The first-order valence-corrected chi connectivity index (χ1v) is 12.8. The standard InChI is InChI=1S/C29H33FN4O/c1-20(2)34(26-16-10-12-21-11-4-5-13-22(21)26)28(35)24-19-31-29(33-17-8-3-9-18-33)32-27(24)23-14-6-7-15-25(23)30/h4-5,7,10-11,13,15-16,19-21H,3,6,8-9,12,14,17-18H2,1-2H3. The van der Waals surface area contributed by atoms with E-state index in [2.05, 4.69) is 34.2 Å². The van der Waals surface area contributed by atoms with Crippen molar-refractivity contribution in [2.75, 3.05) is 18.0 Å². The molecule has 0 saturated carbocycles. The van der Waals surface area contributed by atoms with E-state index in [1.165, 1.54) is 12.5 Å². The fourth-order valence-electron chi connectivity index (χ4n) is 5.33. The maximum absolute atomic E-state index is 15.0. The van der Waals surface area contributed by atoms with Crippen LogP contribution >= 0.6 is 0 Å². The Morgan fingerprint density at radius 3 is 2.71 bits per heavy atom. The van der Waals surface area contributed by atoms with Gasteiger partial charge in [0.1, 0.15) is 5.83 Å². The van der Waals surface area contributed by atoms with Gasteiger partial charge in [-0.2, -0.15) is 0 Å². The van der Waals surface area contributed by atoms with Crippen molar-refractivity contribution in [3.63, 3.8) is 0 Å². The minimum absolute atomic E-state index is 0.0904. The number of anilines is 1. The number of aromatic nitrogens is 2. The molecule has 0 N–H and O–H groups in total. The van der Waals surface area contributed by atoms with Crippen LogP contribution in [0, 0.1) is 5.92 Å². The molecule has 35 heavy (non-hydrogen) atoms. The van der Waals surface area contributed by atoms with Crippen LogP contribution < -0.4 is 4.90 Å². The first kappa shape index (κ1) is 23.5. The predicted octanol–water partition coefficient (Wildman–Crippen LogP) is 6.30. The lowest BCUT2D eigenvalue weighted by Gasteiger charge is -2.34. The topological polar surface area (TPSA) is 49.3 Å². The van der Waals surface area contributed by atoms with Crippen molar-refractivity contribution >= 4 is 17.4 Å². The van der Waals surface area contributed by atoms with Crippen molar-refractivity contribution < 1.29 is 9.18 Å². The van der Waals surface area contributed by atoms with E-state index < -0.39 is 0 Å². The molecule has 5 nitrogen and oxygen atoms in total. The van der Waals surface area contributed by atoms with E-state index >= 15 is 4.39 Å². The van der Waals surface area contributed by atoms with Crippen LogP contribution in [-0.4, -0.2) is 39.9 Å². The summed E-state index contributed by atoms with van der Waals surface area (Å²) in [6.07, 6.45) is 23.0. The summed E-state index contributed by atoms with van der Waals surface area (Å²) in [5.41, 5.74) is 3.31. The quantitative estimate of drug-likeness (QED) is 0.504. The zero-order chi connectivity index (χ0) is 24.4. The summed E-state index contributed by atoms with van der Waals surface area (Å²) in [5, 5.41) is 0. The summed E-state index contributed by atoms with van der Waals surface area (Å²) in [4.78, 5) is 27.6. The van der Waals surface area contributed by atoms with Crippen LogP contribution in [0.1, 0.15) is 68.4 Å². The van der Waals surface area contributed by atoms with Gasteiger partial charge < -0.3 is 9.80 Å². The summed E-state index contributed by atoms with van der Waals surface area (Å²) in [6, 6.07) is -0.0904. The minimum atomic E-state index is -0.315. The molecule has 1 fully saturated rings. The van der Waals surface area contributed by atoms with Crippen LogP contribution in [0.3, 0.4) is 0 Å². The van der Waals surface area contributed by atoms with E-state index in [1.54, 1.807) is 6.20 Å². The number of hydrogen-bond acceptors (Lipinski definition) is 4. The number of halogens is 1. The van der Waals surface area contributed by atoms with E-state index in [1.807, 2.05) is 37.0 Å². The lowest BCUT2D eigenvalue weighted by molar-refractivity contribution is 0.0770. The number of rotatable bonds is 5. The van der Waals surface area contributed by atoms with Gasteiger partial charge in [0.25, 0.3) is 5.91 Å².